The van der Waals surface area contributed by atoms with Gasteiger partial charge in [-0.2, -0.15) is 0 Å². The molecule has 1 rings (SSSR count). The summed E-state index contributed by atoms with van der Waals surface area (Å²) in [6.45, 7) is 4.22. The summed E-state index contributed by atoms with van der Waals surface area (Å²) in [5.41, 5.74) is 2.50. The lowest BCUT2D eigenvalue weighted by Gasteiger charge is -2.12. The zero-order valence-corrected chi connectivity index (χ0v) is 12.5. The van der Waals surface area contributed by atoms with Crippen LogP contribution < -0.4 is 5.32 Å². The molecule has 0 bridgehead atoms. The summed E-state index contributed by atoms with van der Waals surface area (Å²) in [5, 5.41) is 11.7. The van der Waals surface area contributed by atoms with Crippen LogP contribution in [0.1, 0.15) is 30.9 Å². The van der Waals surface area contributed by atoms with Crippen LogP contribution in [0.2, 0.25) is 0 Å². The van der Waals surface area contributed by atoms with Crippen LogP contribution >= 0.6 is 11.8 Å². The maximum Gasteiger partial charge on any atom is 0.230 e. The van der Waals surface area contributed by atoms with Gasteiger partial charge < -0.3 is 10.4 Å². The highest BCUT2D eigenvalue weighted by Gasteiger charge is 2.07. The molecule has 0 heterocycles. The molecule has 0 saturated heterocycles. The summed E-state index contributed by atoms with van der Waals surface area (Å²) >= 11 is 1.62. The Morgan fingerprint density at radius 3 is 2.68 bits per heavy atom. The van der Waals surface area contributed by atoms with E-state index in [0.29, 0.717) is 5.75 Å². The van der Waals surface area contributed by atoms with Gasteiger partial charge in [-0.05, 0) is 32.3 Å². The van der Waals surface area contributed by atoms with E-state index in [-0.39, 0.29) is 18.6 Å². The van der Waals surface area contributed by atoms with E-state index in [1.54, 1.807) is 11.8 Å². The number of thioether (sulfide) groups is 1. The minimum absolute atomic E-state index is 0.0718. The van der Waals surface area contributed by atoms with Gasteiger partial charge in [-0.3, -0.25) is 4.79 Å². The largest absolute Gasteiger partial charge is 0.396 e. The van der Waals surface area contributed by atoms with Crippen LogP contribution in [-0.4, -0.2) is 29.4 Å². The van der Waals surface area contributed by atoms with Gasteiger partial charge in [-0.25, -0.2) is 0 Å². The van der Waals surface area contributed by atoms with Crippen molar-refractivity contribution in [2.24, 2.45) is 0 Å². The third-order valence-electron chi connectivity index (χ3n) is 2.83. The van der Waals surface area contributed by atoms with E-state index in [9.17, 15) is 4.79 Å². The zero-order chi connectivity index (χ0) is 14.1. The number of nitrogens with one attached hydrogen (secondary N) is 1. The average Bonchev–Trinajstić information content (AvgIpc) is 2.38. The maximum atomic E-state index is 11.7. The Balaban J connectivity index is 2.18. The molecule has 1 atom stereocenters. The van der Waals surface area contributed by atoms with Crippen molar-refractivity contribution in [2.75, 3.05) is 12.4 Å². The molecule has 2 N–H and O–H groups in total. The fourth-order valence-corrected chi connectivity index (χ4v) is 2.53. The highest BCUT2D eigenvalue weighted by molar-refractivity contribution is 7.99. The van der Waals surface area contributed by atoms with E-state index in [0.717, 1.165) is 18.6 Å². The molecule has 0 fully saturated rings. The van der Waals surface area contributed by atoms with Gasteiger partial charge in [-0.1, -0.05) is 29.8 Å². The number of hydrogen-bond donors (Lipinski definition) is 2. The number of carbonyl (C=O) groups is 1. The van der Waals surface area contributed by atoms with Crippen LogP contribution in [0.4, 0.5) is 0 Å². The summed E-state index contributed by atoms with van der Waals surface area (Å²) in [6, 6.07) is 8.52. The lowest BCUT2D eigenvalue weighted by molar-refractivity contribution is -0.119. The normalized spacial score (nSPS) is 12.2. The molecular formula is C15H23NO2S. The highest BCUT2D eigenvalue weighted by Crippen LogP contribution is 2.12. The summed E-state index contributed by atoms with van der Waals surface area (Å²) in [7, 11) is 0. The number of aliphatic hydroxyl groups is 1. The quantitative estimate of drug-likeness (QED) is 0.770. The van der Waals surface area contributed by atoms with Crippen molar-refractivity contribution in [1.82, 2.24) is 5.32 Å². The van der Waals surface area contributed by atoms with Crippen LogP contribution in [0.25, 0.3) is 0 Å². The predicted molar refractivity (Wildman–Crippen MR) is 81.3 cm³/mol. The molecule has 0 radical (unpaired) electrons. The second-order valence-electron chi connectivity index (χ2n) is 4.81. The van der Waals surface area contributed by atoms with Crippen molar-refractivity contribution in [3.8, 4) is 0 Å². The molecule has 106 valence electrons. The first-order chi connectivity index (χ1) is 9.11. The molecule has 0 aliphatic carbocycles. The first-order valence-electron chi connectivity index (χ1n) is 6.65. The predicted octanol–water partition coefficient (Wildman–Crippen LogP) is 2.51. The van der Waals surface area contributed by atoms with Crippen LogP contribution in [0.5, 0.6) is 0 Å². The molecule has 1 amide bonds. The average molecular weight is 281 g/mol. The van der Waals surface area contributed by atoms with Crippen molar-refractivity contribution < 1.29 is 9.90 Å². The second-order valence-corrected chi connectivity index (χ2v) is 5.80. The Hall–Kier alpha value is -1.00. The standard InChI is InChI=1S/C15H23NO2S/c1-12-5-7-14(8-6-12)10-19-11-15(18)16-13(2)4-3-9-17/h5-8,13,17H,3-4,9-11H2,1-2H3,(H,16,18). The Labute approximate surface area is 119 Å². The third kappa shape index (κ3) is 7.23. The summed E-state index contributed by atoms with van der Waals surface area (Å²) in [6.07, 6.45) is 1.56. The van der Waals surface area contributed by atoms with Crippen molar-refractivity contribution >= 4 is 17.7 Å². The number of carbonyl (C=O) groups excluding carboxylic acids is 1. The molecule has 0 aliphatic rings. The highest BCUT2D eigenvalue weighted by atomic mass is 32.2. The van der Waals surface area contributed by atoms with E-state index >= 15 is 0 Å². The van der Waals surface area contributed by atoms with Gasteiger partial charge in [0, 0.05) is 18.4 Å². The molecule has 4 heteroatoms. The van der Waals surface area contributed by atoms with Gasteiger partial charge in [-0.15, -0.1) is 11.8 Å². The van der Waals surface area contributed by atoms with Gasteiger partial charge in [0.1, 0.15) is 0 Å². The third-order valence-corrected chi connectivity index (χ3v) is 3.83. The number of rotatable bonds is 8. The van der Waals surface area contributed by atoms with Gasteiger partial charge in [0.15, 0.2) is 0 Å². The molecule has 0 aromatic heterocycles. The van der Waals surface area contributed by atoms with Crippen molar-refractivity contribution in [3.63, 3.8) is 0 Å². The summed E-state index contributed by atoms with van der Waals surface area (Å²) in [5.74, 6) is 1.42. The molecule has 0 aliphatic heterocycles. The topological polar surface area (TPSA) is 49.3 Å². The first-order valence-corrected chi connectivity index (χ1v) is 7.81. The zero-order valence-electron chi connectivity index (χ0n) is 11.7. The molecule has 19 heavy (non-hydrogen) atoms. The molecule has 3 nitrogen and oxygen atoms in total. The first kappa shape index (κ1) is 16.1. The van der Waals surface area contributed by atoms with E-state index in [2.05, 4.69) is 36.5 Å². The number of aryl methyl sites for hydroxylation is 1. The Kier molecular flexibility index (Phi) is 7.60. The summed E-state index contributed by atoms with van der Waals surface area (Å²) in [4.78, 5) is 11.7. The van der Waals surface area contributed by atoms with E-state index in [4.69, 9.17) is 5.11 Å². The fourth-order valence-electron chi connectivity index (χ4n) is 1.73. The Morgan fingerprint density at radius 2 is 2.05 bits per heavy atom. The van der Waals surface area contributed by atoms with Gasteiger partial charge in [0.2, 0.25) is 5.91 Å². The van der Waals surface area contributed by atoms with Gasteiger partial charge in [0.25, 0.3) is 0 Å². The van der Waals surface area contributed by atoms with Crippen molar-refractivity contribution in [1.29, 1.82) is 0 Å². The molecule has 0 saturated carbocycles. The maximum absolute atomic E-state index is 11.7. The van der Waals surface area contributed by atoms with Crippen molar-refractivity contribution in [2.45, 2.75) is 38.5 Å². The van der Waals surface area contributed by atoms with E-state index in [1.807, 2.05) is 6.92 Å². The Bertz CT molecular complexity index is 378. The second kappa shape index (κ2) is 8.99. The van der Waals surface area contributed by atoms with Gasteiger partial charge >= 0.3 is 0 Å². The molecule has 1 unspecified atom stereocenters. The van der Waals surface area contributed by atoms with Gasteiger partial charge in [0.05, 0.1) is 5.75 Å². The van der Waals surface area contributed by atoms with Crippen LogP contribution in [-0.2, 0) is 10.5 Å². The molecule has 1 aromatic carbocycles. The van der Waals surface area contributed by atoms with Crippen LogP contribution in [0.3, 0.4) is 0 Å². The smallest absolute Gasteiger partial charge is 0.230 e. The molecule has 1 aromatic rings. The van der Waals surface area contributed by atoms with Crippen LogP contribution in [0.15, 0.2) is 24.3 Å². The van der Waals surface area contributed by atoms with Crippen molar-refractivity contribution in [3.05, 3.63) is 35.4 Å². The summed E-state index contributed by atoms with van der Waals surface area (Å²) < 4.78 is 0. The van der Waals surface area contributed by atoms with E-state index < -0.39 is 0 Å². The number of hydrogen-bond acceptors (Lipinski definition) is 3. The number of benzene rings is 1. The monoisotopic (exact) mass is 281 g/mol. The SMILES string of the molecule is Cc1ccc(CSCC(=O)NC(C)CCCO)cc1. The van der Waals surface area contributed by atoms with Crippen LogP contribution in [0, 0.1) is 6.92 Å². The molecular weight excluding hydrogens is 258 g/mol. The lowest BCUT2D eigenvalue weighted by atomic mass is 10.2. The lowest BCUT2D eigenvalue weighted by Crippen LogP contribution is -2.33. The number of aliphatic hydroxyl groups excluding tert-OH is 1. The number of amides is 1. The molecule has 0 spiro atoms. The van der Waals surface area contributed by atoms with E-state index in [1.165, 1.54) is 11.1 Å². The minimum atomic E-state index is 0.0718. The minimum Gasteiger partial charge on any atom is -0.396 e. The fraction of sp³-hybridized carbons (Fsp3) is 0.533. The Morgan fingerprint density at radius 1 is 1.37 bits per heavy atom.